The van der Waals surface area contributed by atoms with Crippen molar-refractivity contribution in [3.8, 4) is 0 Å². The highest BCUT2D eigenvalue weighted by molar-refractivity contribution is 8.14. The van der Waals surface area contributed by atoms with Crippen LogP contribution in [0.2, 0.25) is 0 Å². The Bertz CT molecular complexity index is 536. The number of nitrogens with zero attached hydrogens (tertiary/aromatic N) is 2. The molecule has 1 unspecified atom stereocenters. The summed E-state index contributed by atoms with van der Waals surface area (Å²) in [5, 5.41) is 1.01. The standard InChI is InChI=1S/C8H10ClF3N2O2S/c1-4-6(5(2)14(3)13-4)7(8(10,11)12)17(9,15)16/h7H,1-3H3. The number of aromatic nitrogens is 2. The smallest absolute Gasteiger partial charge is 0.272 e. The van der Waals surface area contributed by atoms with E-state index in [2.05, 4.69) is 5.10 Å². The van der Waals surface area contributed by atoms with Gasteiger partial charge in [0.15, 0.2) is 5.25 Å². The maximum absolute atomic E-state index is 12.8. The summed E-state index contributed by atoms with van der Waals surface area (Å²) in [4.78, 5) is 0. The van der Waals surface area contributed by atoms with Gasteiger partial charge in [-0.05, 0) is 13.8 Å². The lowest BCUT2D eigenvalue weighted by Gasteiger charge is -2.17. The molecule has 0 aliphatic heterocycles. The van der Waals surface area contributed by atoms with Gasteiger partial charge in [-0.2, -0.15) is 18.3 Å². The summed E-state index contributed by atoms with van der Waals surface area (Å²) in [6.45, 7) is 2.67. The van der Waals surface area contributed by atoms with E-state index in [1.807, 2.05) is 0 Å². The minimum Gasteiger partial charge on any atom is -0.272 e. The number of alkyl halides is 3. The third-order valence-electron chi connectivity index (χ3n) is 2.41. The fourth-order valence-electron chi connectivity index (χ4n) is 1.63. The number of hydrogen-bond acceptors (Lipinski definition) is 3. The van der Waals surface area contributed by atoms with Crippen molar-refractivity contribution in [2.45, 2.75) is 25.3 Å². The summed E-state index contributed by atoms with van der Waals surface area (Å²) in [7, 11) is 1.50. The van der Waals surface area contributed by atoms with E-state index in [-0.39, 0.29) is 11.4 Å². The monoisotopic (exact) mass is 290 g/mol. The van der Waals surface area contributed by atoms with E-state index in [1.165, 1.54) is 25.6 Å². The van der Waals surface area contributed by atoms with Gasteiger partial charge in [0.25, 0.3) is 0 Å². The zero-order valence-electron chi connectivity index (χ0n) is 9.21. The van der Waals surface area contributed by atoms with Gasteiger partial charge in [0, 0.05) is 29.0 Å². The Balaban J connectivity index is 3.55. The third-order valence-corrected chi connectivity index (χ3v) is 4.01. The van der Waals surface area contributed by atoms with Crippen LogP contribution in [-0.4, -0.2) is 24.4 Å². The van der Waals surface area contributed by atoms with Crippen molar-refractivity contribution in [1.82, 2.24) is 9.78 Å². The Morgan fingerprint density at radius 1 is 1.35 bits per heavy atom. The molecular weight excluding hydrogens is 281 g/mol. The Morgan fingerprint density at radius 2 is 1.82 bits per heavy atom. The maximum Gasteiger partial charge on any atom is 0.410 e. The Labute approximate surface area is 101 Å². The van der Waals surface area contributed by atoms with Gasteiger partial charge in [0.05, 0.1) is 5.69 Å². The van der Waals surface area contributed by atoms with Crippen molar-refractivity contribution in [3.63, 3.8) is 0 Å². The average Bonchev–Trinajstić information content (AvgIpc) is 2.27. The van der Waals surface area contributed by atoms with Gasteiger partial charge in [-0.3, -0.25) is 4.68 Å². The fraction of sp³-hybridized carbons (Fsp3) is 0.625. The first kappa shape index (κ1) is 14.3. The van der Waals surface area contributed by atoms with Gasteiger partial charge in [-0.15, -0.1) is 0 Å². The molecule has 4 nitrogen and oxygen atoms in total. The normalized spacial score (nSPS) is 15.0. The van der Waals surface area contributed by atoms with Crippen molar-refractivity contribution in [2.24, 2.45) is 7.05 Å². The molecule has 17 heavy (non-hydrogen) atoms. The van der Waals surface area contributed by atoms with Crippen LogP contribution in [-0.2, 0) is 16.1 Å². The summed E-state index contributed by atoms with van der Waals surface area (Å²) < 4.78 is 61.7. The molecule has 0 saturated heterocycles. The van der Waals surface area contributed by atoms with Crippen molar-refractivity contribution in [2.75, 3.05) is 0 Å². The number of aryl methyl sites for hydroxylation is 2. The highest BCUT2D eigenvalue weighted by atomic mass is 35.7. The quantitative estimate of drug-likeness (QED) is 0.785. The first-order valence-corrected chi connectivity index (χ1v) is 6.83. The average molecular weight is 291 g/mol. The molecule has 1 rings (SSSR count). The molecule has 0 aliphatic rings. The second-order valence-electron chi connectivity index (χ2n) is 3.61. The predicted octanol–water partition coefficient (Wildman–Crippen LogP) is 2.21. The molecule has 9 heteroatoms. The molecule has 0 amide bonds. The highest BCUT2D eigenvalue weighted by Gasteiger charge is 2.51. The summed E-state index contributed by atoms with van der Waals surface area (Å²) >= 11 is 0. The van der Waals surface area contributed by atoms with Gasteiger partial charge < -0.3 is 0 Å². The van der Waals surface area contributed by atoms with Crippen molar-refractivity contribution in [3.05, 3.63) is 17.0 Å². The summed E-state index contributed by atoms with van der Waals surface area (Å²) in [5.74, 6) is 0. The van der Waals surface area contributed by atoms with Crippen LogP contribution in [0.3, 0.4) is 0 Å². The summed E-state index contributed by atoms with van der Waals surface area (Å²) in [6.07, 6.45) is -4.97. The van der Waals surface area contributed by atoms with E-state index >= 15 is 0 Å². The summed E-state index contributed by atoms with van der Waals surface area (Å²) in [6, 6.07) is 0. The molecule has 0 aromatic carbocycles. The van der Waals surface area contributed by atoms with E-state index in [1.54, 1.807) is 0 Å². The van der Waals surface area contributed by atoms with Crippen molar-refractivity contribution >= 4 is 19.7 Å². The van der Waals surface area contributed by atoms with Crippen molar-refractivity contribution in [1.29, 1.82) is 0 Å². The minimum atomic E-state index is -4.97. The van der Waals surface area contributed by atoms with Crippen LogP contribution in [0, 0.1) is 13.8 Å². The molecule has 1 atom stereocenters. The lowest BCUT2D eigenvalue weighted by atomic mass is 10.1. The topological polar surface area (TPSA) is 52.0 Å². The molecule has 0 bridgehead atoms. The van der Waals surface area contributed by atoms with Crippen LogP contribution in [0.4, 0.5) is 13.2 Å². The second-order valence-corrected chi connectivity index (χ2v) is 6.32. The largest absolute Gasteiger partial charge is 0.410 e. The van der Waals surface area contributed by atoms with Crippen LogP contribution >= 0.6 is 10.7 Å². The molecule has 98 valence electrons. The molecule has 0 spiro atoms. The van der Waals surface area contributed by atoms with E-state index in [0.29, 0.717) is 0 Å². The lowest BCUT2D eigenvalue weighted by molar-refractivity contribution is -0.131. The molecule has 0 fully saturated rings. The van der Waals surface area contributed by atoms with E-state index in [9.17, 15) is 21.6 Å². The number of hydrogen-bond donors (Lipinski definition) is 0. The maximum atomic E-state index is 12.8. The summed E-state index contributed by atoms with van der Waals surface area (Å²) in [5.41, 5.74) is -0.291. The molecular formula is C8H10ClF3N2O2S. The van der Waals surface area contributed by atoms with Gasteiger partial charge in [-0.25, -0.2) is 8.42 Å². The first-order valence-electron chi connectivity index (χ1n) is 4.46. The molecule has 1 aromatic rings. The number of halogens is 4. The third kappa shape index (κ3) is 2.74. The zero-order chi connectivity index (χ0) is 13.6. The van der Waals surface area contributed by atoms with Crippen LogP contribution in [0.1, 0.15) is 22.2 Å². The van der Waals surface area contributed by atoms with Gasteiger partial charge >= 0.3 is 6.18 Å². The SMILES string of the molecule is Cc1nn(C)c(C)c1C(C(F)(F)F)S(=O)(=O)Cl. The van der Waals surface area contributed by atoms with Gasteiger partial charge in [-0.1, -0.05) is 0 Å². The van der Waals surface area contributed by atoms with E-state index in [4.69, 9.17) is 10.7 Å². The molecule has 1 aromatic heterocycles. The Kier molecular flexibility index (Phi) is 3.50. The van der Waals surface area contributed by atoms with E-state index < -0.39 is 26.0 Å². The molecule has 1 heterocycles. The van der Waals surface area contributed by atoms with Crippen LogP contribution in [0.5, 0.6) is 0 Å². The fourth-order valence-corrected chi connectivity index (χ4v) is 3.15. The van der Waals surface area contributed by atoms with Crippen molar-refractivity contribution < 1.29 is 21.6 Å². The Morgan fingerprint density at radius 3 is 2.06 bits per heavy atom. The zero-order valence-corrected chi connectivity index (χ0v) is 10.8. The number of rotatable bonds is 2. The first-order chi connectivity index (χ1) is 7.46. The Hall–Kier alpha value is -0.760. The second kappa shape index (κ2) is 4.16. The molecule has 0 radical (unpaired) electrons. The van der Waals surface area contributed by atoms with Crippen LogP contribution in [0.15, 0.2) is 0 Å². The van der Waals surface area contributed by atoms with E-state index in [0.717, 1.165) is 0 Å². The molecule has 0 saturated carbocycles. The highest BCUT2D eigenvalue weighted by Crippen LogP contribution is 2.43. The molecule has 0 N–H and O–H groups in total. The van der Waals surface area contributed by atoms with Crippen LogP contribution in [0.25, 0.3) is 0 Å². The predicted molar refractivity (Wildman–Crippen MR) is 56.3 cm³/mol. The minimum absolute atomic E-state index is 0.00319. The van der Waals surface area contributed by atoms with Crippen LogP contribution < -0.4 is 0 Å². The van der Waals surface area contributed by atoms with Gasteiger partial charge in [0.1, 0.15) is 0 Å². The van der Waals surface area contributed by atoms with Gasteiger partial charge in [0.2, 0.25) is 9.05 Å². The molecule has 0 aliphatic carbocycles. The lowest BCUT2D eigenvalue weighted by Crippen LogP contribution is -2.27.